The Hall–Kier alpha value is -2.52. The lowest BCUT2D eigenvalue weighted by Gasteiger charge is -2.35. The first kappa shape index (κ1) is 26.5. The van der Waals surface area contributed by atoms with E-state index in [2.05, 4.69) is 11.1 Å². The summed E-state index contributed by atoms with van der Waals surface area (Å²) in [5, 5.41) is 0.714. The zero-order chi connectivity index (χ0) is 26.1. The molecule has 1 aliphatic heterocycles. The van der Waals surface area contributed by atoms with E-state index in [0.717, 1.165) is 51.8 Å². The molecule has 1 atom stereocenters. The smallest absolute Gasteiger partial charge is 0.416 e. The predicted molar refractivity (Wildman–Crippen MR) is 136 cm³/mol. The summed E-state index contributed by atoms with van der Waals surface area (Å²) in [6.45, 7) is 7.53. The molecule has 0 aliphatic carbocycles. The Bertz CT molecular complexity index is 1240. The van der Waals surface area contributed by atoms with E-state index in [1.807, 2.05) is 39.8 Å². The highest BCUT2D eigenvalue weighted by atomic mass is 32.2. The Morgan fingerprint density at radius 2 is 1.94 bits per heavy atom. The number of carbonyl (C=O) groups is 1. The van der Waals surface area contributed by atoms with Crippen LogP contribution < -0.4 is 4.74 Å². The summed E-state index contributed by atoms with van der Waals surface area (Å²) in [6.07, 6.45) is -2.74. The van der Waals surface area contributed by atoms with Crippen LogP contribution in [0.25, 0.3) is 10.6 Å². The van der Waals surface area contributed by atoms with Gasteiger partial charge in [-0.05, 0) is 76.4 Å². The van der Waals surface area contributed by atoms with Crippen LogP contribution in [0.5, 0.6) is 5.75 Å². The Kier molecular flexibility index (Phi) is 7.71. The second-order valence-corrected chi connectivity index (χ2v) is 11.6. The van der Waals surface area contributed by atoms with E-state index < -0.39 is 17.3 Å². The number of halogens is 3. The fourth-order valence-electron chi connectivity index (χ4n) is 4.03. The number of hydrogen-bond donors (Lipinski definition) is 0. The Labute approximate surface area is 217 Å². The summed E-state index contributed by atoms with van der Waals surface area (Å²) < 4.78 is 50.0. The number of nitrogens with zero attached hydrogens (tertiary/aromatic N) is 1. The molecule has 2 aromatic carbocycles. The molecular weight excluding hydrogens is 507 g/mol. The van der Waals surface area contributed by atoms with Crippen molar-refractivity contribution in [2.75, 3.05) is 0 Å². The first-order valence-corrected chi connectivity index (χ1v) is 13.5. The van der Waals surface area contributed by atoms with Crippen LogP contribution in [0, 0.1) is 6.92 Å². The Morgan fingerprint density at radius 3 is 2.61 bits per heavy atom. The lowest BCUT2D eigenvalue weighted by molar-refractivity contribution is -0.152. The van der Waals surface area contributed by atoms with Gasteiger partial charge in [0.2, 0.25) is 0 Å². The topological polar surface area (TPSA) is 48.4 Å². The van der Waals surface area contributed by atoms with Crippen molar-refractivity contribution >= 4 is 29.1 Å². The molecule has 0 spiro atoms. The predicted octanol–water partition coefficient (Wildman–Crippen LogP) is 7.86. The summed E-state index contributed by atoms with van der Waals surface area (Å²) in [4.78, 5) is 18.9. The van der Waals surface area contributed by atoms with Gasteiger partial charge in [0.05, 0.1) is 23.8 Å². The van der Waals surface area contributed by atoms with Gasteiger partial charge in [-0.2, -0.15) is 13.2 Å². The van der Waals surface area contributed by atoms with E-state index >= 15 is 0 Å². The number of aromatic nitrogens is 1. The van der Waals surface area contributed by atoms with Gasteiger partial charge < -0.3 is 9.47 Å². The van der Waals surface area contributed by atoms with E-state index in [-0.39, 0.29) is 18.5 Å². The zero-order valence-corrected chi connectivity index (χ0v) is 22.2. The molecular formula is C27H28F3NO3S2. The fraction of sp³-hybridized carbons (Fsp3) is 0.407. The minimum absolute atomic E-state index is 0.148. The number of rotatable bonds is 7. The van der Waals surface area contributed by atoms with E-state index in [1.54, 1.807) is 11.8 Å². The van der Waals surface area contributed by atoms with Crippen LogP contribution in [0.15, 0.2) is 47.4 Å². The maximum absolute atomic E-state index is 12.8. The normalized spacial score (nSPS) is 17.6. The number of benzene rings is 2. The number of alkyl halides is 3. The molecule has 4 rings (SSSR count). The van der Waals surface area contributed by atoms with E-state index in [0.29, 0.717) is 16.3 Å². The molecule has 0 bridgehead atoms. The minimum Gasteiger partial charge on any atom is -0.487 e. The molecule has 1 aromatic heterocycles. The lowest BCUT2D eigenvalue weighted by atomic mass is 9.90. The molecule has 0 N–H and O–H groups in total. The number of esters is 1. The fourth-order valence-corrected chi connectivity index (χ4v) is 6.20. The van der Waals surface area contributed by atoms with Gasteiger partial charge in [-0.25, -0.2) is 4.98 Å². The molecule has 2 heterocycles. The number of hydrogen-bond acceptors (Lipinski definition) is 6. The van der Waals surface area contributed by atoms with Gasteiger partial charge in [-0.15, -0.1) is 23.1 Å². The van der Waals surface area contributed by atoms with Crippen molar-refractivity contribution < 1.29 is 27.4 Å². The first-order chi connectivity index (χ1) is 16.9. The second kappa shape index (κ2) is 10.5. The van der Waals surface area contributed by atoms with Crippen molar-refractivity contribution in [2.45, 2.75) is 75.5 Å². The zero-order valence-electron chi connectivity index (χ0n) is 20.6. The molecule has 36 heavy (non-hydrogen) atoms. The molecule has 1 unspecified atom stereocenters. The average molecular weight is 536 g/mol. The van der Waals surface area contributed by atoms with Crippen molar-refractivity contribution in [3.05, 3.63) is 64.2 Å². The summed E-state index contributed by atoms with van der Waals surface area (Å²) in [5.74, 6) is 1.26. The van der Waals surface area contributed by atoms with Crippen molar-refractivity contribution in [3.8, 4) is 16.3 Å². The maximum Gasteiger partial charge on any atom is 0.416 e. The average Bonchev–Trinajstić information content (AvgIpc) is 3.16. The van der Waals surface area contributed by atoms with E-state index in [9.17, 15) is 18.0 Å². The van der Waals surface area contributed by atoms with E-state index in [1.165, 1.54) is 23.5 Å². The van der Waals surface area contributed by atoms with Crippen LogP contribution in [0.1, 0.15) is 55.3 Å². The van der Waals surface area contributed by atoms with Crippen LogP contribution in [-0.4, -0.2) is 22.7 Å². The molecule has 1 aliphatic rings. The van der Waals surface area contributed by atoms with Crippen LogP contribution in [-0.2, 0) is 27.9 Å². The number of thioether (sulfide) groups is 1. The van der Waals surface area contributed by atoms with Gasteiger partial charge in [0.15, 0.2) is 0 Å². The highest BCUT2D eigenvalue weighted by Crippen LogP contribution is 2.39. The lowest BCUT2D eigenvalue weighted by Crippen LogP contribution is -2.39. The molecule has 0 radical (unpaired) electrons. The summed E-state index contributed by atoms with van der Waals surface area (Å²) in [7, 11) is 0. The highest BCUT2D eigenvalue weighted by Gasteiger charge is 2.35. The Balaban J connectivity index is 1.39. The summed E-state index contributed by atoms with van der Waals surface area (Å²) in [6, 6.07) is 11.2. The standard InChI is InChI=1S/C27H28F3NO3S2/c1-16(2)33-24(32)14-26(4)12-11-19-13-21(9-10-22(19)34-26)35-15-23-17(3)31-25(36-23)18-5-7-20(8-6-18)27(28,29)30/h5-10,13,16H,11-12,14-15H2,1-4H3. The quantitative estimate of drug-likeness (QED) is 0.228. The molecule has 192 valence electrons. The molecule has 4 nitrogen and oxygen atoms in total. The van der Waals surface area contributed by atoms with Crippen LogP contribution in [0.3, 0.4) is 0 Å². The van der Waals surface area contributed by atoms with Gasteiger partial charge in [-0.1, -0.05) is 12.1 Å². The third-order valence-corrected chi connectivity index (χ3v) is 8.33. The number of carbonyl (C=O) groups excluding carboxylic acids is 1. The van der Waals surface area contributed by atoms with Crippen molar-refractivity contribution in [1.29, 1.82) is 0 Å². The molecule has 0 amide bonds. The number of aryl methyl sites for hydroxylation is 2. The van der Waals surface area contributed by atoms with E-state index in [4.69, 9.17) is 9.47 Å². The van der Waals surface area contributed by atoms with Gasteiger partial charge in [-0.3, -0.25) is 4.79 Å². The number of thiazole rings is 1. The third-order valence-electron chi connectivity index (χ3n) is 5.92. The van der Waals surface area contributed by atoms with Gasteiger partial charge in [0.1, 0.15) is 16.4 Å². The molecule has 0 saturated heterocycles. The monoisotopic (exact) mass is 535 g/mol. The Morgan fingerprint density at radius 1 is 1.22 bits per heavy atom. The van der Waals surface area contributed by atoms with Crippen LogP contribution in [0.4, 0.5) is 13.2 Å². The summed E-state index contributed by atoms with van der Waals surface area (Å²) >= 11 is 3.19. The third kappa shape index (κ3) is 6.42. The number of fused-ring (bicyclic) bond motifs is 1. The van der Waals surface area contributed by atoms with Crippen LogP contribution in [0.2, 0.25) is 0 Å². The van der Waals surface area contributed by atoms with Crippen molar-refractivity contribution in [3.63, 3.8) is 0 Å². The largest absolute Gasteiger partial charge is 0.487 e. The van der Waals surface area contributed by atoms with Crippen molar-refractivity contribution in [1.82, 2.24) is 4.98 Å². The SMILES string of the molecule is Cc1nc(-c2ccc(C(F)(F)F)cc2)sc1CSc1ccc2c(c1)CCC(C)(CC(=O)OC(C)C)O2. The second-order valence-electron chi connectivity index (χ2n) is 9.43. The molecule has 0 fully saturated rings. The summed E-state index contributed by atoms with van der Waals surface area (Å²) in [5.41, 5.74) is 1.43. The van der Waals surface area contributed by atoms with Gasteiger partial charge in [0, 0.05) is 21.1 Å². The maximum atomic E-state index is 12.8. The van der Waals surface area contributed by atoms with Gasteiger partial charge in [0.25, 0.3) is 0 Å². The first-order valence-electron chi connectivity index (χ1n) is 11.7. The highest BCUT2D eigenvalue weighted by molar-refractivity contribution is 7.98. The molecule has 3 aromatic rings. The van der Waals surface area contributed by atoms with Gasteiger partial charge >= 0.3 is 12.1 Å². The molecule has 0 saturated carbocycles. The van der Waals surface area contributed by atoms with Crippen LogP contribution >= 0.6 is 23.1 Å². The number of ether oxygens (including phenoxy) is 2. The van der Waals surface area contributed by atoms with Crippen molar-refractivity contribution in [2.24, 2.45) is 0 Å². The molecule has 9 heteroatoms. The minimum atomic E-state index is -4.35.